The zero-order valence-corrected chi connectivity index (χ0v) is 14.9. The molecule has 6 heteroatoms. The number of nitrogens with zero attached hydrogens (tertiary/aromatic N) is 1. The smallest absolute Gasteiger partial charge is 0.221 e. The van der Waals surface area contributed by atoms with Gasteiger partial charge in [-0.2, -0.15) is 0 Å². The maximum atomic E-state index is 13.2. The molecule has 0 aliphatic carbocycles. The number of hydrogen-bond acceptors (Lipinski definition) is 5. The number of nitrogens with one attached hydrogen (secondary N) is 1. The van der Waals surface area contributed by atoms with Crippen LogP contribution in [0.2, 0.25) is 0 Å². The second-order valence-electron chi connectivity index (χ2n) is 7.18. The molecule has 2 aliphatic rings. The monoisotopic (exact) mass is 336 g/mol. The minimum absolute atomic E-state index is 0.0511. The number of carbonyl (C=O) groups excluding carboxylic acids is 2. The van der Waals surface area contributed by atoms with Crippen LogP contribution in [0, 0.1) is 0 Å². The number of rotatable bonds is 7. The highest BCUT2D eigenvalue weighted by molar-refractivity contribution is 5.89. The summed E-state index contributed by atoms with van der Waals surface area (Å²) in [5.74, 6) is -0.247. The Bertz CT molecular complexity index is 545. The molecule has 24 heavy (non-hydrogen) atoms. The standard InChI is InChI=1S/C18H28N2O4/c1-6-8-17(20(14(3)21)10-11-23-17)12-15(22)18(9-7-2)19-16(4,5)13-24-18/h6-7,19H,1-2,8-13H2,3-5H3. The van der Waals surface area contributed by atoms with Gasteiger partial charge in [-0.3, -0.25) is 14.9 Å². The van der Waals surface area contributed by atoms with E-state index in [9.17, 15) is 9.59 Å². The van der Waals surface area contributed by atoms with Crippen LogP contribution in [0.1, 0.15) is 40.0 Å². The highest BCUT2D eigenvalue weighted by atomic mass is 16.5. The Kier molecular flexibility index (Phi) is 5.32. The average molecular weight is 336 g/mol. The third-order valence-electron chi connectivity index (χ3n) is 4.56. The summed E-state index contributed by atoms with van der Waals surface area (Å²) in [7, 11) is 0. The van der Waals surface area contributed by atoms with Gasteiger partial charge in [-0.25, -0.2) is 0 Å². The third kappa shape index (κ3) is 3.45. The lowest BCUT2D eigenvalue weighted by molar-refractivity contribution is -0.160. The third-order valence-corrected chi connectivity index (χ3v) is 4.56. The van der Waals surface area contributed by atoms with Crippen molar-refractivity contribution in [2.45, 2.75) is 57.0 Å². The van der Waals surface area contributed by atoms with Crippen LogP contribution in [0.15, 0.2) is 25.3 Å². The predicted octanol–water partition coefficient (Wildman–Crippen LogP) is 1.77. The number of carbonyl (C=O) groups is 2. The van der Waals surface area contributed by atoms with Crippen LogP contribution in [0.25, 0.3) is 0 Å². The van der Waals surface area contributed by atoms with Crippen molar-refractivity contribution < 1.29 is 19.1 Å². The number of ether oxygens (including phenoxy) is 2. The van der Waals surface area contributed by atoms with Crippen LogP contribution < -0.4 is 5.32 Å². The first-order valence-corrected chi connectivity index (χ1v) is 8.31. The van der Waals surface area contributed by atoms with E-state index in [1.54, 1.807) is 17.1 Å². The number of amides is 1. The van der Waals surface area contributed by atoms with E-state index in [1.165, 1.54) is 6.92 Å². The molecule has 2 unspecified atom stereocenters. The number of Topliss-reactive ketones (excluding diaryl/α,β-unsaturated/α-hetero) is 1. The van der Waals surface area contributed by atoms with Gasteiger partial charge in [0.2, 0.25) is 5.91 Å². The fourth-order valence-electron chi connectivity index (χ4n) is 3.56. The molecule has 0 aromatic rings. The van der Waals surface area contributed by atoms with Gasteiger partial charge in [0.05, 0.1) is 19.6 Å². The summed E-state index contributed by atoms with van der Waals surface area (Å²) in [4.78, 5) is 26.8. The Morgan fingerprint density at radius 3 is 2.38 bits per heavy atom. The van der Waals surface area contributed by atoms with Crippen molar-refractivity contribution in [3.8, 4) is 0 Å². The lowest BCUT2D eigenvalue weighted by atomic mass is 9.92. The van der Waals surface area contributed by atoms with Crippen molar-refractivity contribution in [2.75, 3.05) is 19.8 Å². The summed E-state index contributed by atoms with van der Waals surface area (Å²) in [6.45, 7) is 14.3. The van der Waals surface area contributed by atoms with Crippen LogP contribution in [0.5, 0.6) is 0 Å². The normalized spacial score (nSPS) is 31.9. The molecular weight excluding hydrogens is 308 g/mol. The molecule has 6 nitrogen and oxygen atoms in total. The van der Waals surface area contributed by atoms with Gasteiger partial charge in [0.15, 0.2) is 17.2 Å². The van der Waals surface area contributed by atoms with E-state index in [0.717, 1.165) is 0 Å². The number of ketones is 1. The van der Waals surface area contributed by atoms with Gasteiger partial charge in [0, 0.05) is 31.8 Å². The molecule has 2 saturated heterocycles. The Balaban J connectivity index is 2.28. The molecule has 0 spiro atoms. The minimum atomic E-state index is -1.12. The highest BCUT2D eigenvalue weighted by Gasteiger charge is 2.53. The van der Waals surface area contributed by atoms with Gasteiger partial charge in [-0.05, 0) is 13.8 Å². The van der Waals surface area contributed by atoms with Gasteiger partial charge >= 0.3 is 0 Å². The Labute approximate surface area is 143 Å². The Morgan fingerprint density at radius 2 is 1.88 bits per heavy atom. The van der Waals surface area contributed by atoms with Crippen molar-refractivity contribution in [1.82, 2.24) is 10.2 Å². The summed E-state index contributed by atoms with van der Waals surface area (Å²) in [6.07, 6.45) is 4.16. The van der Waals surface area contributed by atoms with Crippen molar-refractivity contribution in [1.29, 1.82) is 0 Å². The molecule has 0 aromatic heterocycles. The molecule has 0 saturated carbocycles. The first-order chi connectivity index (χ1) is 11.2. The van der Waals surface area contributed by atoms with Crippen molar-refractivity contribution >= 4 is 11.7 Å². The Hall–Kier alpha value is -1.50. The Morgan fingerprint density at radius 1 is 1.21 bits per heavy atom. The molecule has 0 radical (unpaired) electrons. The van der Waals surface area contributed by atoms with Crippen LogP contribution in [0.4, 0.5) is 0 Å². The number of hydrogen-bond donors (Lipinski definition) is 1. The molecule has 2 heterocycles. The highest BCUT2D eigenvalue weighted by Crippen LogP contribution is 2.36. The predicted molar refractivity (Wildman–Crippen MR) is 91.2 cm³/mol. The van der Waals surface area contributed by atoms with Crippen LogP contribution in [0.3, 0.4) is 0 Å². The first kappa shape index (κ1) is 18.8. The molecule has 0 bridgehead atoms. The van der Waals surface area contributed by atoms with Gasteiger partial charge in [0.25, 0.3) is 0 Å². The molecule has 1 N–H and O–H groups in total. The molecule has 2 rings (SSSR count). The van der Waals surface area contributed by atoms with E-state index in [0.29, 0.717) is 32.6 Å². The molecule has 0 aromatic carbocycles. The maximum Gasteiger partial charge on any atom is 0.221 e. The lowest BCUT2D eigenvalue weighted by Crippen LogP contribution is -2.57. The SMILES string of the molecule is C=CCC1(C(=O)CC2(CC=C)OCCN2C(C)=O)NC(C)(C)CO1. The topological polar surface area (TPSA) is 67.9 Å². The van der Waals surface area contributed by atoms with E-state index < -0.39 is 11.4 Å². The zero-order valence-electron chi connectivity index (χ0n) is 14.9. The minimum Gasteiger partial charge on any atom is -0.353 e. The molecule has 2 aliphatic heterocycles. The average Bonchev–Trinajstić information content (AvgIpc) is 3.02. The molecular formula is C18H28N2O4. The van der Waals surface area contributed by atoms with E-state index >= 15 is 0 Å². The van der Waals surface area contributed by atoms with Gasteiger partial charge in [0.1, 0.15) is 0 Å². The van der Waals surface area contributed by atoms with Crippen molar-refractivity contribution in [3.63, 3.8) is 0 Å². The summed E-state index contributed by atoms with van der Waals surface area (Å²) < 4.78 is 11.7. The van der Waals surface area contributed by atoms with Crippen LogP contribution >= 0.6 is 0 Å². The lowest BCUT2D eigenvalue weighted by Gasteiger charge is -2.38. The summed E-state index contributed by atoms with van der Waals surface area (Å²) >= 11 is 0. The fraction of sp³-hybridized carbons (Fsp3) is 0.667. The second kappa shape index (κ2) is 6.78. The maximum absolute atomic E-state index is 13.2. The van der Waals surface area contributed by atoms with Gasteiger partial charge in [-0.15, -0.1) is 13.2 Å². The molecule has 2 atom stereocenters. The van der Waals surface area contributed by atoms with E-state index in [2.05, 4.69) is 18.5 Å². The summed E-state index contributed by atoms with van der Waals surface area (Å²) in [6, 6.07) is 0. The van der Waals surface area contributed by atoms with Gasteiger partial charge in [-0.1, -0.05) is 12.2 Å². The summed E-state index contributed by atoms with van der Waals surface area (Å²) in [5, 5.41) is 3.29. The molecule has 134 valence electrons. The summed E-state index contributed by atoms with van der Waals surface area (Å²) in [5.41, 5.74) is -2.40. The van der Waals surface area contributed by atoms with Crippen LogP contribution in [-0.4, -0.2) is 53.3 Å². The quantitative estimate of drug-likeness (QED) is 0.718. The van der Waals surface area contributed by atoms with Crippen molar-refractivity contribution in [2.24, 2.45) is 0 Å². The molecule has 2 fully saturated rings. The first-order valence-electron chi connectivity index (χ1n) is 8.31. The van der Waals surface area contributed by atoms with Gasteiger partial charge < -0.3 is 14.4 Å². The second-order valence-corrected chi connectivity index (χ2v) is 7.18. The fourth-order valence-corrected chi connectivity index (χ4v) is 3.56. The largest absolute Gasteiger partial charge is 0.353 e. The van der Waals surface area contributed by atoms with Crippen molar-refractivity contribution in [3.05, 3.63) is 25.3 Å². The van der Waals surface area contributed by atoms with Crippen LogP contribution in [-0.2, 0) is 19.1 Å². The van der Waals surface area contributed by atoms with E-state index in [1.807, 2.05) is 13.8 Å². The van der Waals surface area contributed by atoms with E-state index in [4.69, 9.17) is 9.47 Å². The zero-order chi connectivity index (χ0) is 18.0. The van der Waals surface area contributed by atoms with E-state index in [-0.39, 0.29) is 23.7 Å². The molecule has 1 amide bonds.